The van der Waals surface area contributed by atoms with Crippen LogP contribution in [0.25, 0.3) is 11.0 Å². The molecule has 0 radical (unpaired) electrons. The number of fused-ring (bicyclic) bond motifs is 1. The molecule has 0 aliphatic heterocycles. The van der Waals surface area contributed by atoms with E-state index in [2.05, 4.69) is 50.5 Å². The SMILES string of the molecule is Cc1ccc2c(c1)nc(C(C)Cl)n2C(C)CC(C)C. The van der Waals surface area contributed by atoms with Gasteiger partial charge < -0.3 is 4.57 Å². The maximum Gasteiger partial charge on any atom is 0.127 e. The Kier molecular flexibility index (Phi) is 4.19. The Hall–Kier alpha value is -1.02. The van der Waals surface area contributed by atoms with Crippen LogP contribution in [-0.4, -0.2) is 9.55 Å². The minimum absolute atomic E-state index is 0.0673. The van der Waals surface area contributed by atoms with Crippen LogP contribution in [0.1, 0.15) is 56.9 Å². The Bertz CT molecular complexity index is 569. The van der Waals surface area contributed by atoms with Gasteiger partial charge in [0.1, 0.15) is 5.82 Å². The fourth-order valence-corrected chi connectivity index (χ4v) is 2.91. The number of hydrogen-bond donors (Lipinski definition) is 0. The summed E-state index contributed by atoms with van der Waals surface area (Å²) < 4.78 is 2.31. The molecule has 19 heavy (non-hydrogen) atoms. The molecular formula is C16H23ClN2. The molecule has 1 aromatic carbocycles. The van der Waals surface area contributed by atoms with Gasteiger partial charge in [-0.2, -0.15) is 0 Å². The van der Waals surface area contributed by atoms with Crippen LogP contribution in [0.15, 0.2) is 18.2 Å². The van der Waals surface area contributed by atoms with Gasteiger partial charge in [-0.05, 0) is 50.8 Å². The standard InChI is InChI=1S/C16H23ClN2/c1-10(2)8-12(4)19-15-7-6-11(3)9-14(15)18-16(19)13(5)17/h6-7,9-10,12-13H,8H2,1-5H3. The summed E-state index contributed by atoms with van der Waals surface area (Å²) in [5.41, 5.74) is 3.49. The summed E-state index contributed by atoms with van der Waals surface area (Å²) in [5, 5.41) is -0.0673. The van der Waals surface area contributed by atoms with Crippen LogP contribution in [0.3, 0.4) is 0 Å². The van der Waals surface area contributed by atoms with E-state index >= 15 is 0 Å². The van der Waals surface area contributed by atoms with Gasteiger partial charge in [0, 0.05) is 6.04 Å². The van der Waals surface area contributed by atoms with Gasteiger partial charge in [-0.25, -0.2) is 4.98 Å². The average molecular weight is 279 g/mol. The zero-order chi connectivity index (χ0) is 14.2. The summed E-state index contributed by atoms with van der Waals surface area (Å²) in [6.07, 6.45) is 1.13. The summed E-state index contributed by atoms with van der Waals surface area (Å²) >= 11 is 6.32. The molecular weight excluding hydrogens is 256 g/mol. The lowest BCUT2D eigenvalue weighted by Gasteiger charge is -2.20. The normalized spacial score (nSPS) is 15.1. The Morgan fingerprint density at radius 3 is 2.47 bits per heavy atom. The van der Waals surface area contributed by atoms with Crippen molar-refractivity contribution < 1.29 is 0 Å². The van der Waals surface area contributed by atoms with Crippen LogP contribution < -0.4 is 0 Å². The molecule has 0 amide bonds. The van der Waals surface area contributed by atoms with Crippen molar-refractivity contribution in [3.8, 4) is 0 Å². The van der Waals surface area contributed by atoms with Gasteiger partial charge >= 0.3 is 0 Å². The molecule has 2 unspecified atom stereocenters. The molecule has 1 aromatic heterocycles. The zero-order valence-electron chi connectivity index (χ0n) is 12.4. The van der Waals surface area contributed by atoms with E-state index in [0.29, 0.717) is 12.0 Å². The van der Waals surface area contributed by atoms with Crippen molar-refractivity contribution >= 4 is 22.6 Å². The largest absolute Gasteiger partial charge is 0.324 e. The van der Waals surface area contributed by atoms with Crippen LogP contribution >= 0.6 is 11.6 Å². The molecule has 0 bridgehead atoms. The van der Waals surface area contributed by atoms with E-state index in [1.165, 1.54) is 11.1 Å². The Morgan fingerprint density at radius 2 is 1.89 bits per heavy atom. The van der Waals surface area contributed by atoms with E-state index in [1.807, 2.05) is 6.92 Å². The van der Waals surface area contributed by atoms with Crippen molar-refractivity contribution in [2.75, 3.05) is 0 Å². The molecule has 104 valence electrons. The van der Waals surface area contributed by atoms with Crippen molar-refractivity contribution in [3.05, 3.63) is 29.6 Å². The quantitative estimate of drug-likeness (QED) is 0.698. The number of hydrogen-bond acceptors (Lipinski definition) is 1. The monoisotopic (exact) mass is 278 g/mol. The second kappa shape index (κ2) is 5.54. The number of alkyl halides is 1. The Morgan fingerprint density at radius 1 is 1.21 bits per heavy atom. The van der Waals surface area contributed by atoms with Gasteiger partial charge in [0.05, 0.1) is 16.4 Å². The van der Waals surface area contributed by atoms with Crippen molar-refractivity contribution in [2.24, 2.45) is 5.92 Å². The highest BCUT2D eigenvalue weighted by molar-refractivity contribution is 6.20. The van der Waals surface area contributed by atoms with E-state index in [1.54, 1.807) is 0 Å². The molecule has 0 aliphatic rings. The van der Waals surface area contributed by atoms with E-state index in [-0.39, 0.29) is 5.38 Å². The van der Waals surface area contributed by atoms with E-state index in [9.17, 15) is 0 Å². The van der Waals surface area contributed by atoms with Crippen LogP contribution in [0, 0.1) is 12.8 Å². The number of halogens is 1. The third-order valence-corrected chi connectivity index (χ3v) is 3.68. The highest BCUT2D eigenvalue weighted by Crippen LogP contribution is 2.30. The van der Waals surface area contributed by atoms with Crippen molar-refractivity contribution in [1.29, 1.82) is 0 Å². The lowest BCUT2D eigenvalue weighted by atomic mass is 10.0. The van der Waals surface area contributed by atoms with Crippen molar-refractivity contribution in [1.82, 2.24) is 9.55 Å². The van der Waals surface area contributed by atoms with Crippen LogP contribution in [0.2, 0.25) is 0 Å². The molecule has 2 atom stereocenters. The number of rotatable bonds is 4. The van der Waals surface area contributed by atoms with Crippen molar-refractivity contribution in [3.63, 3.8) is 0 Å². The summed E-state index contributed by atoms with van der Waals surface area (Å²) in [6, 6.07) is 6.86. The first kappa shape index (κ1) is 14.4. The van der Waals surface area contributed by atoms with Crippen LogP contribution in [0.5, 0.6) is 0 Å². The summed E-state index contributed by atoms with van der Waals surface area (Å²) in [6.45, 7) is 10.9. The highest BCUT2D eigenvalue weighted by Gasteiger charge is 2.19. The average Bonchev–Trinajstić information content (AvgIpc) is 2.66. The molecule has 0 saturated heterocycles. The number of aryl methyl sites for hydroxylation is 1. The minimum Gasteiger partial charge on any atom is -0.324 e. The molecule has 2 rings (SSSR count). The van der Waals surface area contributed by atoms with Crippen LogP contribution in [-0.2, 0) is 0 Å². The van der Waals surface area contributed by atoms with Gasteiger partial charge in [0.15, 0.2) is 0 Å². The van der Waals surface area contributed by atoms with Gasteiger partial charge in [0.2, 0.25) is 0 Å². The van der Waals surface area contributed by atoms with E-state index in [0.717, 1.165) is 17.8 Å². The maximum atomic E-state index is 6.32. The van der Waals surface area contributed by atoms with E-state index < -0.39 is 0 Å². The summed E-state index contributed by atoms with van der Waals surface area (Å²) in [7, 11) is 0. The lowest BCUT2D eigenvalue weighted by Crippen LogP contribution is -2.12. The summed E-state index contributed by atoms with van der Waals surface area (Å²) in [5.74, 6) is 1.65. The molecule has 3 heteroatoms. The topological polar surface area (TPSA) is 17.8 Å². The number of aromatic nitrogens is 2. The predicted molar refractivity (Wildman–Crippen MR) is 82.9 cm³/mol. The van der Waals surface area contributed by atoms with Crippen molar-refractivity contribution in [2.45, 2.75) is 52.5 Å². The zero-order valence-corrected chi connectivity index (χ0v) is 13.2. The number of nitrogens with zero attached hydrogens (tertiary/aromatic N) is 2. The Balaban J connectivity index is 2.58. The molecule has 0 fully saturated rings. The van der Waals surface area contributed by atoms with Crippen LogP contribution in [0.4, 0.5) is 0 Å². The number of imidazole rings is 1. The van der Waals surface area contributed by atoms with Gasteiger partial charge in [0.25, 0.3) is 0 Å². The van der Waals surface area contributed by atoms with Gasteiger partial charge in [-0.1, -0.05) is 19.9 Å². The first-order chi connectivity index (χ1) is 8.90. The Labute approximate surface area is 120 Å². The maximum absolute atomic E-state index is 6.32. The molecule has 0 spiro atoms. The fraction of sp³-hybridized carbons (Fsp3) is 0.562. The third-order valence-electron chi connectivity index (χ3n) is 3.48. The molecule has 0 saturated carbocycles. The fourth-order valence-electron chi connectivity index (χ4n) is 2.76. The number of benzene rings is 1. The smallest absolute Gasteiger partial charge is 0.127 e. The molecule has 1 heterocycles. The molecule has 2 aromatic rings. The van der Waals surface area contributed by atoms with Gasteiger partial charge in [-0.15, -0.1) is 11.6 Å². The minimum atomic E-state index is -0.0673. The molecule has 0 N–H and O–H groups in total. The third kappa shape index (κ3) is 2.94. The first-order valence-electron chi connectivity index (χ1n) is 7.02. The molecule has 0 aliphatic carbocycles. The highest BCUT2D eigenvalue weighted by atomic mass is 35.5. The summed E-state index contributed by atoms with van der Waals surface area (Å²) in [4.78, 5) is 4.73. The second-order valence-electron chi connectivity index (χ2n) is 5.93. The van der Waals surface area contributed by atoms with Gasteiger partial charge in [-0.3, -0.25) is 0 Å². The van der Waals surface area contributed by atoms with E-state index in [4.69, 9.17) is 16.6 Å². The second-order valence-corrected chi connectivity index (χ2v) is 6.58. The lowest BCUT2D eigenvalue weighted by molar-refractivity contribution is 0.425. The molecule has 2 nitrogen and oxygen atoms in total. The predicted octanol–water partition coefficient (Wildman–Crippen LogP) is 5.25. The first-order valence-corrected chi connectivity index (χ1v) is 7.46.